The summed E-state index contributed by atoms with van der Waals surface area (Å²) in [5.74, 6) is 0.578. The monoisotopic (exact) mass is 268 g/mol. The van der Waals surface area contributed by atoms with Crippen molar-refractivity contribution in [1.29, 1.82) is 0 Å². The molecule has 0 amide bonds. The smallest absolute Gasteiger partial charge is 0.157 e. The first-order valence-electron chi connectivity index (χ1n) is 5.13. The number of aryl methyl sites for hydroxylation is 2. The van der Waals surface area contributed by atoms with E-state index in [1.165, 1.54) is 21.6 Å². The van der Waals surface area contributed by atoms with Crippen molar-refractivity contribution >= 4 is 34.4 Å². The quantitative estimate of drug-likeness (QED) is 0.840. The van der Waals surface area contributed by atoms with E-state index in [4.69, 9.17) is 17.3 Å². The van der Waals surface area contributed by atoms with Crippen LogP contribution in [0.15, 0.2) is 12.4 Å². The van der Waals surface area contributed by atoms with Crippen molar-refractivity contribution < 1.29 is 0 Å². The number of nitrogens with two attached hydrogens (primary N) is 1. The minimum absolute atomic E-state index is 0.279. The van der Waals surface area contributed by atoms with Gasteiger partial charge in [0.15, 0.2) is 11.0 Å². The van der Waals surface area contributed by atoms with Gasteiger partial charge in [-0.3, -0.25) is 0 Å². The molecular formula is C11H13ClN4S. The maximum absolute atomic E-state index is 5.81. The summed E-state index contributed by atoms with van der Waals surface area (Å²) in [5.41, 5.74) is 7.46. The normalized spacial score (nSPS) is 10.5. The molecule has 0 fully saturated rings. The molecule has 2 rings (SSSR count). The Morgan fingerprint density at radius 3 is 2.82 bits per heavy atom. The Labute approximate surface area is 109 Å². The molecule has 0 aromatic carbocycles. The van der Waals surface area contributed by atoms with Crippen LogP contribution in [-0.2, 0) is 6.54 Å². The van der Waals surface area contributed by atoms with Gasteiger partial charge in [-0.25, -0.2) is 9.97 Å². The van der Waals surface area contributed by atoms with Crippen LogP contribution in [0.25, 0.3) is 0 Å². The van der Waals surface area contributed by atoms with Crippen LogP contribution in [0.4, 0.5) is 11.5 Å². The zero-order valence-electron chi connectivity index (χ0n) is 9.62. The highest BCUT2D eigenvalue weighted by Gasteiger charge is 2.06. The van der Waals surface area contributed by atoms with E-state index >= 15 is 0 Å². The molecule has 17 heavy (non-hydrogen) atoms. The predicted octanol–water partition coefficient (Wildman–Crippen LogP) is 3.00. The van der Waals surface area contributed by atoms with Crippen LogP contribution in [-0.4, -0.2) is 9.97 Å². The first-order valence-corrected chi connectivity index (χ1v) is 6.33. The number of nitrogens with one attached hydrogen (secondary N) is 1. The van der Waals surface area contributed by atoms with E-state index in [2.05, 4.69) is 35.2 Å². The Morgan fingerprint density at radius 1 is 1.41 bits per heavy atom. The van der Waals surface area contributed by atoms with E-state index in [1.54, 1.807) is 11.3 Å². The minimum atomic E-state index is 0.279. The number of thiophene rings is 1. The molecule has 0 radical (unpaired) electrons. The first-order chi connectivity index (χ1) is 8.08. The van der Waals surface area contributed by atoms with Gasteiger partial charge in [-0.05, 0) is 25.5 Å². The number of rotatable bonds is 3. The zero-order chi connectivity index (χ0) is 12.4. The summed E-state index contributed by atoms with van der Waals surface area (Å²) in [6.07, 6.45) is 1.39. The summed E-state index contributed by atoms with van der Waals surface area (Å²) in [4.78, 5) is 10.4. The fraction of sp³-hybridized carbons (Fsp3) is 0.273. The van der Waals surface area contributed by atoms with Crippen molar-refractivity contribution in [3.8, 4) is 0 Å². The summed E-state index contributed by atoms with van der Waals surface area (Å²) in [6.45, 7) is 4.90. The molecule has 90 valence electrons. The lowest BCUT2D eigenvalue weighted by atomic mass is 10.3. The van der Waals surface area contributed by atoms with E-state index in [0.717, 1.165) is 0 Å². The fourth-order valence-electron chi connectivity index (χ4n) is 1.42. The predicted molar refractivity (Wildman–Crippen MR) is 72.6 cm³/mol. The molecule has 6 heteroatoms. The van der Waals surface area contributed by atoms with Crippen LogP contribution in [0.2, 0.25) is 5.15 Å². The highest BCUT2D eigenvalue weighted by molar-refractivity contribution is 7.12. The second-order valence-corrected chi connectivity index (χ2v) is 5.43. The molecule has 0 bridgehead atoms. The molecule has 2 aromatic rings. The van der Waals surface area contributed by atoms with Gasteiger partial charge in [-0.1, -0.05) is 11.6 Å². The number of halogens is 1. The van der Waals surface area contributed by atoms with Crippen LogP contribution in [0.1, 0.15) is 15.3 Å². The van der Waals surface area contributed by atoms with Gasteiger partial charge in [0, 0.05) is 9.75 Å². The lowest BCUT2D eigenvalue weighted by Gasteiger charge is -2.06. The van der Waals surface area contributed by atoms with Gasteiger partial charge in [0.2, 0.25) is 0 Å². The molecule has 0 unspecified atom stereocenters. The van der Waals surface area contributed by atoms with Gasteiger partial charge in [0.1, 0.15) is 12.0 Å². The molecular weight excluding hydrogens is 256 g/mol. The molecule has 0 aliphatic rings. The van der Waals surface area contributed by atoms with Gasteiger partial charge < -0.3 is 11.1 Å². The summed E-state index contributed by atoms with van der Waals surface area (Å²) in [7, 11) is 0. The molecule has 3 N–H and O–H groups in total. The van der Waals surface area contributed by atoms with Gasteiger partial charge >= 0.3 is 0 Å². The Hall–Kier alpha value is -1.33. The highest BCUT2D eigenvalue weighted by Crippen LogP contribution is 2.25. The van der Waals surface area contributed by atoms with E-state index in [1.807, 2.05) is 0 Å². The third kappa shape index (κ3) is 2.68. The number of hydrogen-bond donors (Lipinski definition) is 2. The Bertz CT molecular complexity index is 519. The molecule has 2 heterocycles. The molecule has 0 saturated heterocycles. The van der Waals surface area contributed by atoms with Gasteiger partial charge in [-0.2, -0.15) is 0 Å². The van der Waals surface area contributed by atoms with Crippen LogP contribution in [0, 0.1) is 13.8 Å². The minimum Gasteiger partial charge on any atom is -0.393 e. The second-order valence-electron chi connectivity index (χ2n) is 3.73. The standard InChI is InChI=1S/C11H13ClN4S/c1-6-3-8(17-7(6)2)4-14-11-9(13)10(12)15-5-16-11/h3,5H,4,13H2,1-2H3,(H,14,15,16). The van der Waals surface area contributed by atoms with Gasteiger partial charge in [-0.15, -0.1) is 11.3 Å². The average molecular weight is 269 g/mol. The number of hydrogen-bond acceptors (Lipinski definition) is 5. The van der Waals surface area contributed by atoms with Crippen LogP contribution >= 0.6 is 22.9 Å². The van der Waals surface area contributed by atoms with E-state index in [0.29, 0.717) is 18.1 Å². The Morgan fingerprint density at radius 2 is 2.18 bits per heavy atom. The largest absolute Gasteiger partial charge is 0.393 e. The third-order valence-corrected chi connectivity index (χ3v) is 3.94. The van der Waals surface area contributed by atoms with Crippen LogP contribution in [0.3, 0.4) is 0 Å². The first kappa shape index (κ1) is 12.1. The number of nitrogen functional groups attached to an aromatic ring is 1. The molecule has 0 atom stereocenters. The van der Waals surface area contributed by atoms with Gasteiger partial charge in [0.25, 0.3) is 0 Å². The summed E-state index contributed by atoms with van der Waals surface area (Å²) < 4.78 is 0. The second kappa shape index (κ2) is 4.89. The van der Waals surface area contributed by atoms with Crippen LogP contribution in [0.5, 0.6) is 0 Å². The molecule has 0 aliphatic carbocycles. The molecule has 0 spiro atoms. The maximum atomic E-state index is 5.81. The van der Waals surface area contributed by atoms with Crippen molar-refractivity contribution in [2.24, 2.45) is 0 Å². The highest BCUT2D eigenvalue weighted by atomic mass is 35.5. The number of nitrogens with zero attached hydrogens (tertiary/aromatic N) is 2. The van der Waals surface area contributed by atoms with Crippen molar-refractivity contribution in [2.45, 2.75) is 20.4 Å². The van der Waals surface area contributed by atoms with Gasteiger partial charge in [0.05, 0.1) is 6.54 Å². The molecule has 0 aliphatic heterocycles. The summed E-state index contributed by atoms with van der Waals surface area (Å²) in [6, 6.07) is 2.16. The number of aromatic nitrogens is 2. The van der Waals surface area contributed by atoms with Crippen molar-refractivity contribution in [3.05, 3.63) is 32.9 Å². The van der Waals surface area contributed by atoms with Crippen molar-refractivity contribution in [1.82, 2.24) is 9.97 Å². The summed E-state index contributed by atoms with van der Waals surface area (Å²) >= 11 is 7.58. The number of anilines is 2. The average Bonchev–Trinajstić information content (AvgIpc) is 2.61. The SMILES string of the molecule is Cc1cc(CNc2ncnc(Cl)c2N)sc1C. The lowest BCUT2D eigenvalue weighted by molar-refractivity contribution is 1.10. The van der Waals surface area contributed by atoms with E-state index in [-0.39, 0.29) is 5.15 Å². The molecule has 0 saturated carbocycles. The van der Waals surface area contributed by atoms with Crippen molar-refractivity contribution in [2.75, 3.05) is 11.1 Å². The van der Waals surface area contributed by atoms with E-state index < -0.39 is 0 Å². The zero-order valence-corrected chi connectivity index (χ0v) is 11.2. The lowest BCUT2D eigenvalue weighted by Crippen LogP contribution is -2.04. The Balaban J connectivity index is 2.10. The summed E-state index contributed by atoms with van der Waals surface area (Å²) in [5, 5.41) is 3.44. The topological polar surface area (TPSA) is 63.8 Å². The van der Waals surface area contributed by atoms with Crippen LogP contribution < -0.4 is 11.1 Å². The molecule has 2 aromatic heterocycles. The maximum Gasteiger partial charge on any atom is 0.157 e. The fourth-order valence-corrected chi connectivity index (χ4v) is 2.55. The van der Waals surface area contributed by atoms with E-state index in [9.17, 15) is 0 Å². The van der Waals surface area contributed by atoms with Crippen molar-refractivity contribution in [3.63, 3.8) is 0 Å². The third-order valence-electron chi connectivity index (χ3n) is 2.48. The molecule has 4 nitrogen and oxygen atoms in total. The Kier molecular flexibility index (Phi) is 3.49.